The monoisotopic (exact) mass is 475 g/mol. The minimum atomic E-state index is -1.18. The van der Waals surface area contributed by atoms with Crippen molar-refractivity contribution in [3.63, 3.8) is 0 Å². The number of ether oxygens (including phenoxy) is 1. The van der Waals surface area contributed by atoms with E-state index in [9.17, 15) is 30.2 Å². The van der Waals surface area contributed by atoms with Gasteiger partial charge in [0.1, 0.15) is 5.60 Å². The summed E-state index contributed by atoms with van der Waals surface area (Å²) in [7, 11) is 0. The van der Waals surface area contributed by atoms with Gasteiger partial charge in [0.2, 0.25) is 0 Å². The molecule has 34 heavy (non-hydrogen) atoms. The lowest BCUT2D eigenvalue weighted by molar-refractivity contribution is -0.384. The highest BCUT2D eigenvalue weighted by Gasteiger charge is 2.27. The Bertz CT molecular complexity index is 916. The van der Waals surface area contributed by atoms with Crippen LogP contribution in [-0.4, -0.2) is 63.3 Å². The van der Waals surface area contributed by atoms with Crippen LogP contribution in [-0.2, 0) is 11.2 Å². The lowest BCUT2D eigenvalue weighted by atomic mass is 9.99. The Labute approximate surface area is 198 Å². The van der Waals surface area contributed by atoms with E-state index in [-0.39, 0.29) is 12.2 Å². The summed E-state index contributed by atoms with van der Waals surface area (Å²) in [6, 6.07) is 13.1. The number of amides is 1. The molecule has 0 bridgehead atoms. The van der Waals surface area contributed by atoms with Gasteiger partial charge in [-0.15, -0.1) is 0 Å². The van der Waals surface area contributed by atoms with Gasteiger partial charge in [-0.05, 0) is 50.5 Å². The molecule has 0 aliphatic carbocycles. The van der Waals surface area contributed by atoms with Gasteiger partial charge in [-0.2, -0.15) is 0 Å². The molecule has 0 saturated heterocycles. The number of nitrogens with zero attached hydrogens (tertiary/aromatic N) is 1. The lowest BCUT2D eigenvalue weighted by Gasteiger charge is -2.29. The second-order valence-corrected chi connectivity index (χ2v) is 9.00. The van der Waals surface area contributed by atoms with Crippen LogP contribution in [0.25, 0.3) is 0 Å². The number of carbonyl (C=O) groups excluding carboxylic acids is 1. The van der Waals surface area contributed by atoms with E-state index in [0.717, 1.165) is 5.56 Å². The highest BCUT2D eigenvalue weighted by molar-refractivity contribution is 5.68. The zero-order valence-corrected chi connectivity index (χ0v) is 19.5. The first-order valence-corrected chi connectivity index (χ1v) is 11.0. The Hall–Kier alpha value is -3.05. The maximum absolute atomic E-state index is 12.3. The van der Waals surface area contributed by atoms with E-state index in [4.69, 9.17) is 4.74 Å². The van der Waals surface area contributed by atoms with Crippen LogP contribution in [0.2, 0.25) is 0 Å². The van der Waals surface area contributed by atoms with Crippen LogP contribution in [0.3, 0.4) is 0 Å². The number of aliphatic hydroxyl groups is 3. The fourth-order valence-corrected chi connectivity index (χ4v) is 3.33. The van der Waals surface area contributed by atoms with Crippen LogP contribution >= 0.6 is 0 Å². The predicted octanol–water partition coefficient (Wildman–Crippen LogP) is 2.08. The summed E-state index contributed by atoms with van der Waals surface area (Å²) in [4.78, 5) is 22.6. The molecule has 0 radical (unpaired) electrons. The smallest absolute Gasteiger partial charge is 0.407 e. The van der Waals surface area contributed by atoms with E-state index in [1.165, 1.54) is 24.3 Å². The third kappa shape index (κ3) is 8.71. The minimum absolute atomic E-state index is 0.0530. The van der Waals surface area contributed by atoms with Crippen molar-refractivity contribution in [2.45, 2.75) is 57.1 Å². The van der Waals surface area contributed by atoms with E-state index in [1.807, 2.05) is 30.3 Å². The van der Waals surface area contributed by atoms with Crippen LogP contribution in [0.15, 0.2) is 54.6 Å². The molecule has 5 N–H and O–H groups in total. The van der Waals surface area contributed by atoms with Crippen LogP contribution in [0.5, 0.6) is 0 Å². The zero-order chi connectivity index (χ0) is 25.3. The van der Waals surface area contributed by atoms with Crippen molar-refractivity contribution in [2.75, 3.05) is 13.2 Å². The van der Waals surface area contributed by atoms with Gasteiger partial charge < -0.3 is 30.7 Å². The molecule has 0 saturated carbocycles. The first-order chi connectivity index (χ1) is 16.0. The quantitative estimate of drug-likeness (QED) is 0.244. The molecule has 0 aliphatic heterocycles. The number of alkyl carbamates (subject to hydrolysis) is 1. The van der Waals surface area contributed by atoms with Crippen LogP contribution in [0.1, 0.15) is 38.0 Å². The second kappa shape index (κ2) is 12.4. The van der Waals surface area contributed by atoms with E-state index in [2.05, 4.69) is 10.6 Å². The van der Waals surface area contributed by atoms with E-state index in [0.29, 0.717) is 12.0 Å². The van der Waals surface area contributed by atoms with Crippen molar-refractivity contribution in [3.8, 4) is 0 Å². The summed E-state index contributed by atoms with van der Waals surface area (Å²) in [6.07, 6.45) is -2.59. The first kappa shape index (κ1) is 27.2. The van der Waals surface area contributed by atoms with E-state index >= 15 is 0 Å². The van der Waals surface area contributed by atoms with E-state index < -0.39 is 47.5 Å². The normalized spacial score (nSPS) is 15.1. The molecule has 0 fully saturated rings. The Morgan fingerprint density at radius 2 is 1.68 bits per heavy atom. The number of non-ortho nitro benzene ring substituents is 1. The minimum Gasteiger partial charge on any atom is -0.444 e. The summed E-state index contributed by atoms with van der Waals surface area (Å²) >= 11 is 0. The van der Waals surface area contributed by atoms with Crippen molar-refractivity contribution in [2.24, 2.45) is 0 Å². The van der Waals surface area contributed by atoms with E-state index in [1.54, 1.807) is 20.8 Å². The lowest BCUT2D eigenvalue weighted by Crippen LogP contribution is -2.52. The molecule has 0 aliphatic rings. The number of carbonyl (C=O) groups is 1. The third-order valence-electron chi connectivity index (χ3n) is 5.08. The fraction of sp³-hybridized carbons (Fsp3) is 0.458. The number of nitro groups is 1. The summed E-state index contributed by atoms with van der Waals surface area (Å²) in [6.45, 7) is 4.71. The van der Waals surface area contributed by atoms with Crippen molar-refractivity contribution < 1.29 is 29.8 Å². The maximum Gasteiger partial charge on any atom is 0.407 e. The molecule has 1 amide bonds. The second-order valence-electron chi connectivity index (χ2n) is 9.00. The SMILES string of the molecule is CC(C)(C)OC(=O)N[C@@H](Cc1ccccc1)[C@H](O)CN[C@@H](CO)C(O)c1ccc([N+](=O)[O-])cc1. The highest BCUT2D eigenvalue weighted by atomic mass is 16.6. The van der Waals surface area contributed by atoms with Crippen LogP contribution < -0.4 is 10.6 Å². The molecule has 0 spiro atoms. The number of benzene rings is 2. The van der Waals surface area contributed by atoms with Gasteiger partial charge in [0.15, 0.2) is 0 Å². The van der Waals surface area contributed by atoms with Gasteiger partial charge in [0.05, 0.1) is 35.8 Å². The molecule has 2 aromatic rings. The van der Waals surface area contributed by atoms with Crippen molar-refractivity contribution in [1.29, 1.82) is 0 Å². The third-order valence-corrected chi connectivity index (χ3v) is 5.08. The first-order valence-electron chi connectivity index (χ1n) is 11.0. The molecule has 0 heterocycles. The van der Waals surface area contributed by atoms with Gasteiger partial charge in [0, 0.05) is 18.7 Å². The predicted molar refractivity (Wildman–Crippen MR) is 126 cm³/mol. The molecular formula is C24H33N3O7. The molecule has 10 heteroatoms. The molecule has 1 unspecified atom stereocenters. The van der Waals surface area contributed by atoms with Crippen LogP contribution in [0.4, 0.5) is 10.5 Å². The van der Waals surface area contributed by atoms with Gasteiger partial charge >= 0.3 is 6.09 Å². The Morgan fingerprint density at radius 1 is 1.06 bits per heavy atom. The summed E-state index contributed by atoms with van der Waals surface area (Å²) in [5, 5.41) is 47.6. The van der Waals surface area contributed by atoms with Gasteiger partial charge in [-0.25, -0.2) is 4.79 Å². The summed E-state index contributed by atoms with van der Waals surface area (Å²) in [5.74, 6) is 0. The summed E-state index contributed by atoms with van der Waals surface area (Å²) < 4.78 is 5.32. The number of nitrogens with one attached hydrogen (secondary N) is 2. The maximum atomic E-state index is 12.3. The van der Waals surface area contributed by atoms with Crippen molar-refractivity contribution >= 4 is 11.8 Å². The molecule has 0 aromatic heterocycles. The largest absolute Gasteiger partial charge is 0.444 e. The van der Waals surface area contributed by atoms with Gasteiger partial charge in [-0.3, -0.25) is 10.1 Å². The average Bonchev–Trinajstić information content (AvgIpc) is 2.78. The Balaban J connectivity index is 2.06. The molecule has 2 aromatic carbocycles. The highest BCUT2D eigenvalue weighted by Crippen LogP contribution is 2.20. The zero-order valence-electron chi connectivity index (χ0n) is 19.5. The van der Waals surface area contributed by atoms with Crippen molar-refractivity contribution in [1.82, 2.24) is 10.6 Å². The Kier molecular flexibility index (Phi) is 9.94. The van der Waals surface area contributed by atoms with Gasteiger partial charge in [0.25, 0.3) is 5.69 Å². The number of nitro benzene ring substituents is 1. The number of rotatable bonds is 11. The molecular weight excluding hydrogens is 442 g/mol. The fourth-order valence-electron chi connectivity index (χ4n) is 3.33. The summed E-state index contributed by atoms with van der Waals surface area (Å²) in [5.41, 5.74) is 0.449. The van der Waals surface area contributed by atoms with Crippen LogP contribution in [0, 0.1) is 10.1 Å². The standard InChI is InChI=1S/C24H33N3O7/c1-24(2,3)34-23(31)26-19(13-16-7-5-4-6-8-16)21(29)14-25-20(15-28)22(30)17-9-11-18(12-10-17)27(32)33/h4-12,19-22,25,28-30H,13-15H2,1-3H3,(H,26,31)/t19-,20-,21+,22?/m0/s1. The van der Waals surface area contributed by atoms with Crippen molar-refractivity contribution in [3.05, 3.63) is 75.8 Å². The number of aliphatic hydroxyl groups excluding tert-OH is 3. The number of hydrogen-bond donors (Lipinski definition) is 5. The molecule has 10 nitrogen and oxygen atoms in total. The molecule has 2 rings (SSSR count). The Morgan fingerprint density at radius 3 is 2.21 bits per heavy atom. The molecule has 4 atom stereocenters. The van der Waals surface area contributed by atoms with Gasteiger partial charge in [-0.1, -0.05) is 30.3 Å². The number of hydrogen-bond acceptors (Lipinski definition) is 8. The molecule has 186 valence electrons. The average molecular weight is 476 g/mol. The topological polar surface area (TPSA) is 154 Å².